The summed E-state index contributed by atoms with van der Waals surface area (Å²) >= 11 is 0. The predicted molar refractivity (Wildman–Crippen MR) is 80.3 cm³/mol. The second-order valence-electron chi connectivity index (χ2n) is 5.51. The monoisotopic (exact) mass is 332 g/mol. The van der Waals surface area contributed by atoms with Crippen molar-refractivity contribution in [1.29, 1.82) is 0 Å². The zero-order valence-corrected chi connectivity index (χ0v) is 13.2. The molecule has 0 amide bonds. The predicted octanol–water partition coefficient (Wildman–Crippen LogP) is 2.13. The van der Waals surface area contributed by atoms with Gasteiger partial charge in [-0.1, -0.05) is 0 Å². The molecule has 0 atom stereocenters. The zero-order chi connectivity index (χ0) is 17.6. The van der Waals surface area contributed by atoms with Crippen molar-refractivity contribution in [3.63, 3.8) is 0 Å². The van der Waals surface area contributed by atoms with E-state index >= 15 is 0 Å². The van der Waals surface area contributed by atoms with E-state index in [1.807, 2.05) is 0 Å². The Morgan fingerprint density at radius 3 is 2.30 bits per heavy atom. The van der Waals surface area contributed by atoms with Gasteiger partial charge in [0.2, 0.25) is 0 Å². The molecule has 0 heterocycles. The fraction of sp³-hybridized carbons (Fsp3) is 0.667. The number of aliphatic carboxylic acids is 1. The van der Waals surface area contributed by atoms with Gasteiger partial charge in [0.1, 0.15) is 11.3 Å². The Morgan fingerprint density at radius 1 is 1.35 bits per heavy atom. The van der Waals surface area contributed by atoms with Crippen LogP contribution in [0.15, 0.2) is 16.8 Å². The summed E-state index contributed by atoms with van der Waals surface area (Å²) in [6, 6.07) is -0.462. The molecular weight excluding hydrogens is 310 g/mol. The molecule has 0 spiro atoms. The standard InChI is InChI=1S/C15H22F2N2O4/c1-3-23-14(22)9-4-6-10(7-5-9)19-12(15(2,16)17)11(8-18)13(20)21/h8-10H,3-7,18H2,1-2H3,(H,20,21). The van der Waals surface area contributed by atoms with Crippen molar-refractivity contribution in [2.24, 2.45) is 16.6 Å². The third-order valence-corrected chi connectivity index (χ3v) is 3.70. The van der Waals surface area contributed by atoms with Crippen LogP contribution in [0, 0.1) is 5.92 Å². The van der Waals surface area contributed by atoms with E-state index in [1.54, 1.807) is 6.92 Å². The fourth-order valence-corrected chi connectivity index (χ4v) is 2.55. The van der Waals surface area contributed by atoms with Crippen LogP contribution in [0.4, 0.5) is 8.78 Å². The van der Waals surface area contributed by atoms with E-state index in [0.29, 0.717) is 45.4 Å². The van der Waals surface area contributed by atoms with Crippen molar-refractivity contribution in [3.8, 4) is 0 Å². The van der Waals surface area contributed by atoms with Crippen molar-refractivity contribution in [2.45, 2.75) is 51.5 Å². The minimum absolute atomic E-state index is 0.254. The molecule has 130 valence electrons. The maximum atomic E-state index is 13.7. The summed E-state index contributed by atoms with van der Waals surface area (Å²) in [6.45, 7) is 2.60. The lowest BCUT2D eigenvalue weighted by Crippen LogP contribution is -2.33. The van der Waals surface area contributed by atoms with E-state index < -0.39 is 29.2 Å². The first-order valence-corrected chi connectivity index (χ1v) is 7.49. The molecule has 1 aliphatic carbocycles. The molecule has 0 aromatic heterocycles. The third-order valence-electron chi connectivity index (χ3n) is 3.70. The number of carbonyl (C=O) groups is 2. The Balaban J connectivity index is 2.87. The summed E-state index contributed by atoms with van der Waals surface area (Å²) in [5.41, 5.74) is 3.62. The molecule has 1 fully saturated rings. The third kappa shape index (κ3) is 5.30. The number of carbonyl (C=O) groups excluding carboxylic acids is 1. The van der Waals surface area contributed by atoms with Crippen molar-refractivity contribution < 1.29 is 28.2 Å². The summed E-state index contributed by atoms with van der Waals surface area (Å²) in [4.78, 5) is 26.6. The lowest BCUT2D eigenvalue weighted by molar-refractivity contribution is -0.149. The van der Waals surface area contributed by atoms with Crippen LogP contribution in [0.2, 0.25) is 0 Å². The van der Waals surface area contributed by atoms with Gasteiger partial charge in [0.15, 0.2) is 0 Å². The maximum Gasteiger partial charge on any atom is 0.339 e. The number of rotatable bonds is 6. The van der Waals surface area contributed by atoms with Gasteiger partial charge in [0.05, 0.1) is 18.6 Å². The van der Waals surface area contributed by atoms with Crippen molar-refractivity contribution in [3.05, 3.63) is 11.8 Å². The molecule has 0 aromatic carbocycles. The lowest BCUT2D eigenvalue weighted by Gasteiger charge is -2.26. The Kier molecular flexibility index (Phi) is 6.65. The van der Waals surface area contributed by atoms with E-state index in [4.69, 9.17) is 15.6 Å². The van der Waals surface area contributed by atoms with Gasteiger partial charge in [0.25, 0.3) is 5.92 Å². The second-order valence-corrected chi connectivity index (χ2v) is 5.51. The highest BCUT2D eigenvalue weighted by Crippen LogP contribution is 2.29. The summed E-state index contributed by atoms with van der Waals surface area (Å²) in [5.74, 6) is -5.50. The Hall–Kier alpha value is -1.99. The molecule has 0 saturated heterocycles. The van der Waals surface area contributed by atoms with Crippen LogP contribution >= 0.6 is 0 Å². The summed E-state index contributed by atoms with van der Waals surface area (Å²) in [5, 5.41) is 8.99. The highest BCUT2D eigenvalue weighted by Gasteiger charge is 2.37. The molecule has 0 aliphatic heterocycles. The van der Waals surface area contributed by atoms with Gasteiger partial charge in [0, 0.05) is 13.1 Å². The number of nitrogens with two attached hydrogens (primary N) is 1. The average Bonchev–Trinajstić information content (AvgIpc) is 2.46. The van der Waals surface area contributed by atoms with Gasteiger partial charge in [-0.05, 0) is 32.6 Å². The van der Waals surface area contributed by atoms with E-state index in [9.17, 15) is 18.4 Å². The van der Waals surface area contributed by atoms with Gasteiger partial charge in [-0.2, -0.15) is 8.78 Å². The average molecular weight is 332 g/mol. The summed E-state index contributed by atoms with van der Waals surface area (Å²) in [7, 11) is 0. The minimum atomic E-state index is -3.42. The molecule has 3 N–H and O–H groups in total. The first kappa shape index (κ1) is 19.1. The van der Waals surface area contributed by atoms with E-state index in [0.717, 1.165) is 0 Å². The Bertz CT molecular complexity index is 504. The molecule has 1 aliphatic rings. The van der Waals surface area contributed by atoms with Crippen molar-refractivity contribution in [2.75, 3.05) is 6.61 Å². The van der Waals surface area contributed by atoms with Crippen LogP contribution < -0.4 is 5.73 Å². The number of ether oxygens (including phenoxy) is 1. The highest BCUT2D eigenvalue weighted by molar-refractivity contribution is 6.21. The number of hydrogen-bond donors (Lipinski definition) is 2. The number of aliphatic imine (C=N–C) groups is 1. The first-order chi connectivity index (χ1) is 10.7. The molecule has 1 saturated carbocycles. The summed E-state index contributed by atoms with van der Waals surface area (Å²) in [6.07, 6.45) is 2.42. The molecule has 0 aromatic rings. The normalized spacial score (nSPS) is 23.5. The molecule has 0 bridgehead atoms. The van der Waals surface area contributed by atoms with E-state index in [-0.39, 0.29) is 11.9 Å². The van der Waals surface area contributed by atoms with Crippen LogP contribution in [0.25, 0.3) is 0 Å². The van der Waals surface area contributed by atoms with Gasteiger partial charge >= 0.3 is 11.9 Å². The molecular formula is C15H22F2N2O4. The van der Waals surface area contributed by atoms with Gasteiger partial charge in [-0.3, -0.25) is 9.79 Å². The number of hydrogen-bond acceptors (Lipinski definition) is 5. The fourth-order valence-electron chi connectivity index (χ4n) is 2.55. The van der Waals surface area contributed by atoms with Crippen LogP contribution in [0.1, 0.15) is 39.5 Å². The number of alkyl halides is 2. The van der Waals surface area contributed by atoms with Gasteiger partial charge in [-0.25, -0.2) is 4.79 Å². The highest BCUT2D eigenvalue weighted by atomic mass is 19.3. The number of carboxylic acids is 1. The molecule has 0 unspecified atom stereocenters. The molecule has 1 rings (SSSR count). The Labute approximate surface area is 133 Å². The maximum absolute atomic E-state index is 13.7. The SMILES string of the molecule is CCOC(=O)C1CCC(N=C(C(=CN)C(=O)O)C(C)(F)F)CC1. The Morgan fingerprint density at radius 2 is 1.91 bits per heavy atom. The van der Waals surface area contributed by atoms with E-state index in [2.05, 4.69) is 4.99 Å². The molecule has 8 heteroatoms. The van der Waals surface area contributed by atoms with Gasteiger partial charge in [-0.15, -0.1) is 0 Å². The smallest absolute Gasteiger partial charge is 0.339 e. The topological polar surface area (TPSA) is 102 Å². The number of esters is 1. The van der Waals surface area contributed by atoms with Crippen LogP contribution in [0.3, 0.4) is 0 Å². The number of nitrogens with zero attached hydrogens (tertiary/aromatic N) is 1. The zero-order valence-electron chi connectivity index (χ0n) is 13.2. The number of halogens is 2. The quantitative estimate of drug-likeness (QED) is 0.441. The summed E-state index contributed by atoms with van der Waals surface area (Å²) < 4.78 is 32.3. The van der Waals surface area contributed by atoms with Crippen LogP contribution in [-0.4, -0.2) is 41.3 Å². The lowest BCUT2D eigenvalue weighted by atomic mass is 9.86. The minimum Gasteiger partial charge on any atom is -0.478 e. The molecule has 23 heavy (non-hydrogen) atoms. The molecule has 6 nitrogen and oxygen atoms in total. The van der Waals surface area contributed by atoms with Crippen LogP contribution in [0.5, 0.6) is 0 Å². The second kappa shape index (κ2) is 8.03. The van der Waals surface area contributed by atoms with Crippen LogP contribution in [-0.2, 0) is 14.3 Å². The number of carboxylic acid groups (broad SMARTS) is 1. The van der Waals surface area contributed by atoms with E-state index in [1.165, 1.54) is 0 Å². The largest absolute Gasteiger partial charge is 0.478 e. The molecule has 0 radical (unpaired) electrons. The first-order valence-electron chi connectivity index (χ1n) is 7.49. The van der Waals surface area contributed by atoms with Gasteiger partial charge < -0.3 is 15.6 Å². The van der Waals surface area contributed by atoms with Crippen molar-refractivity contribution >= 4 is 17.7 Å². The van der Waals surface area contributed by atoms with Crippen molar-refractivity contribution in [1.82, 2.24) is 0 Å².